The van der Waals surface area contributed by atoms with Gasteiger partial charge in [0, 0.05) is 17.4 Å². The molecule has 5 fully saturated rings. The van der Waals surface area contributed by atoms with Crippen molar-refractivity contribution in [2.75, 3.05) is 0 Å². The van der Waals surface area contributed by atoms with E-state index in [2.05, 4.69) is 13.8 Å². The van der Waals surface area contributed by atoms with Crippen LogP contribution in [0.2, 0.25) is 0 Å². The third-order valence-corrected chi connectivity index (χ3v) is 10.2. The Morgan fingerprint density at radius 2 is 1.93 bits per heavy atom. The number of rotatable bonds is 1. The summed E-state index contributed by atoms with van der Waals surface area (Å²) in [5.74, 6) is 1.85. The summed E-state index contributed by atoms with van der Waals surface area (Å²) in [6, 6.07) is 1.94. The maximum Gasteiger partial charge on any atom is 0.106 e. The average Bonchev–Trinajstić information content (AvgIpc) is 3.03. The van der Waals surface area contributed by atoms with Crippen LogP contribution < -0.4 is 0 Å². The molecule has 0 amide bonds. The molecule has 1 aromatic rings. The maximum absolute atomic E-state index is 11.9. The highest BCUT2D eigenvalue weighted by atomic mass is 16.6. The Labute approximate surface area is 161 Å². The standard InChI is InChI=1S/C23H32O4/c1-20-8-5-16(24)11-14(20)3-4-18-17(20)6-9-21(2)22(25,15-7-10-26-13-15)12-19-23(18,21)27-19/h7,10,13-14,16-19,24-25H,3-6,8-9,11-12H2,1-2H3/t14?,16?,17-,18-,19?,20+,21-,22?,23+/m1/s1. The summed E-state index contributed by atoms with van der Waals surface area (Å²) >= 11 is 0. The van der Waals surface area contributed by atoms with Gasteiger partial charge < -0.3 is 19.4 Å². The minimum atomic E-state index is -0.839. The van der Waals surface area contributed by atoms with Crippen molar-refractivity contribution in [1.29, 1.82) is 0 Å². The van der Waals surface area contributed by atoms with Crippen LogP contribution in [0.15, 0.2) is 23.0 Å². The first kappa shape index (κ1) is 17.1. The van der Waals surface area contributed by atoms with Crippen molar-refractivity contribution in [1.82, 2.24) is 0 Å². The molecule has 5 aliphatic rings. The summed E-state index contributed by atoms with van der Waals surface area (Å²) in [5.41, 5.74) is 0.0118. The second-order valence-corrected chi connectivity index (χ2v) is 10.8. The number of hydrogen-bond donors (Lipinski definition) is 2. The Morgan fingerprint density at radius 3 is 2.70 bits per heavy atom. The SMILES string of the molecule is C[C@]12CCC(O)CC1CC[C@@H]1[C@H]2CC[C@]2(C)C(O)(c3ccoc3)CC3O[C@]312. The molecule has 0 bridgehead atoms. The maximum atomic E-state index is 11.9. The summed E-state index contributed by atoms with van der Waals surface area (Å²) in [5, 5.41) is 22.1. The van der Waals surface area contributed by atoms with Crippen LogP contribution in [0.4, 0.5) is 0 Å². The average molecular weight is 373 g/mol. The molecule has 27 heavy (non-hydrogen) atoms. The molecule has 1 aliphatic heterocycles. The van der Waals surface area contributed by atoms with Crippen molar-refractivity contribution in [3.05, 3.63) is 24.2 Å². The van der Waals surface area contributed by atoms with E-state index >= 15 is 0 Å². The van der Waals surface area contributed by atoms with Gasteiger partial charge in [0.25, 0.3) is 0 Å². The second-order valence-electron chi connectivity index (χ2n) is 10.8. The van der Waals surface area contributed by atoms with Gasteiger partial charge in [0.05, 0.1) is 24.7 Å². The molecule has 4 heteroatoms. The van der Waals surface area contributed by atoms with Crippen molar-refractivity contribution >= 4 is 0 Å². The summed E-state index contributed by atoms with van der Waals surface area (Å²) in [6.45, 7) is 4.77. The van der Waals surface area contributed by atoms with Gasteiger partial charge in [-0.25, -0.2) is 0 Å². The molecule has 6 rings (SSSR count). The molecule has 2 N–H and O–H groups in total. The van der Waals surface area contributed by atoms with Crippen LogP contribution in [0.25, 0.3) is 0 Å². The van der Waals surface area contributed by atoms with Gasteiger partial charge in [0.15, 0.2) is 0 Å². The van der Waals surface area contributed by atoms with E-state index in [0.29, 0.717) is 29.6 Å². The number of ether oxygens (including phenoxy) is 1. The van der Waals surface area contributed by atoms with E-state index in [4.69, 9.17) is 9.15 Å². The van der Waals surface area contributed by atoms with Gasteiger partial charge in [-0.05, 0) is 74.2 Å². The third kappa shape index (κ3) is 1.78. The van der Waals surface area contributed by atoms with Crippen molar-refractivity contribution in [3.8, 4) is 0 Å². The molecule has 1 aromatic heterocycles. The number of hydrogen-bond acceptors (Lipinski definition) is 4. The second kappa shape index (κ2) is 5.01. The van der Waals surface area contributed by atoms with E-state index in [1.165, 1.54) is 19.3 Å². The van der Waals surface area contributed by atoms with Gasteiger partial charge in [0.1, 0.15) is 11.2 Å². The molecule has 2 heterocycles. The lowest BCUT2D eigenvalue weighted by atomic mass is 9.43. The lowest BCUT2D eigenvalue weighted by Gasteiger charge is -2.61. The van der Waals surface area contributed by atoms with E-state index in [1.54, 1.807) is 12.5 Å². The quantitative estimate of drug-likeness (QED) is 0.731. The molecule has 4 aliphatic carbocycles. The first-order chi connectivity index (χ1) is 12.9. The van der Waals surface area contributed by atoms with Crippen molar-refractivity contribution < 1.29 is 19.4 Å². The number of aliphatic hydroxyl groups is 2. The molecular weight excluding hydrogens is 340 g/mol. The fraction of sp³-hybridized carbons (Fsp3) is 0.826. The molecule has 4 saturated carbocycles. The minimum absolute atomic E-state index is 0.103. The van der Waals surface area contributed by atoms with E-state index in [1.807, 2.05) is 6.07 Å². The fourth-order valence-corrected chi connectivity index (χ4v) is 8.63. The van der Waals surface area contributed by atoms with Crippen molar-refractivity contribution in [2.24, 2.45) is 28.6 Å². The summed E-state index contributed by atoms with van der Waals surface area (Å²) in [7, 11) is 0. The molecule has 0 aromatic carbocycles. The zero-order chi connectivity index (χ0) is 18.7. The highest BCUT2D eigenvalue weighted by Gasteiger charge is 2.84. The Morgan fingerprint density at radius 1 is 1.07 bits per heavy atom. The van der Waals surface area contributed by atoms with Gasteiger partial charge in [-0.2, -0.15) is 0 Å². The van der Waals surface area contributed by atoms with Gasteiger partial charge >= 0.3 is 0 Å². The van der Waals surface area contributed by atoms with Gasteiger partial charge in [-0.1, -0.05) is 13.8 Å². The number of aliphatic hydroxyl groups excluding tert-OH is 1. The van der Waals surface area contributed by atoms with Crippen molar-refractivity contribution in [2.45, 2.75) is 88.6 Å². The lowest BCUT2D eigenvalue weighted by molar-refractivity contribution is -0.193. The largest absolute Gasteiger partial charge is 0.472 e. The molecule has 148 valence electrons. The Hall–Kier alpha value is -0.840. The number of epoxide rings is 1. The normalized spacial score (nSPS) is 58.7. The first-order valence-electron chi connectivity index (χ1n) is 11.0. The molecule has 4 nitrogen and oxygen atoms in total. The number of fused-ring (bicyclic) bond motifs is 3. The van der Waals surface area contributed by atoms with Gasteiger partial charge in [-0.3, -0.25) is 0 Å². The molecule has 9 atom stereocenters. The Kier molecular flexibility index (Phi) is 3.16. The summed E-state index contributed by atoms with van der Waals surface area (Å²) < 4.78 is 11.9. The van der Waals surface area contributed by atoms with Crippen LogP contribution in [0.5, 0.6) is 0 Å². The minimum Gasteiger partial charge on any atom is -0.472 e. The zero-order valence-corrected chi connectivity index (χ0v) is 16.5. The Bertz CT molecular complexity index is 760. The van der Waals surface area contributed by atoms with Gasteiger partial charge in [0.2, 0.25) is 0 Å². The molecule has 1 spiro atoms. The predicted octanol–water partition coefficient (Wildman–Crippen LogP) is 4.00. The van der Waals surface area contributed by atoms with Gasteiger partial charge in [-0.15, -0.1) is 0 Å². The van der Waals surface area contributed by atoms with E-state index in [-0.39, 0.29) is 23.2 Å². The van der Waals surface area contributed by atoms with E-state index in [0.717, 1.165) is 31.2 Å². The summed E-state index contributed by atoms with van der Waals surface area (Å²) in [6.07, 6.45) is 11.8. The van der Waals surface area contributed by atoms with Crippen LogP contribution >= 0.6 is 0 Å². The molecule has 0 radical (unpaired) electrons. The fourth-order valence-electron chi connectivity index (χ4n) is 8.63. The number of furan rings is 1. The van der Waals surface area contributed by atoms with E-state index < -0.39 is 5.60 Å². The molecular formula is C23H32O4. The topological polar surface area (TPSA) is 66.1 Å². The predicted molar refractivity (Wildman–Crippen MR) is 99.8 cm³/mol. The zero-order valence-electron chi connectivity index (χ0n) is 16.5. The first-order valence-corrected chi connectivity index (χ1v) is 11.0. The highest BCUT2D eigenvalue weighted by Crippen LogP contribution is 2.78. The molecule has 4 unspecified atom stereocenters. The van der Waals surface area contributed by atoms with Crippen molar-refractivity contribution in [3.63, 3.8) is 0 Å². The molecule has 1 saturated heterocycles. The van der Waals surface area contributed by atoms with Crippen LogP contribution in [0.1, 0.15) is 70.8 Å². The van der Waals surface area contributed by atoms with E-state index in [9.17, 15) is 10.2 Å². The Balaban J connectivity index is 1.40. The van der Waals surface area contributed by atoms with Crippen LogP contribution in [0.3, 0.4) is 0 Å². The van der Waals surface area contributed by atoms with Crippen LogP contribution in [-0.4, -0.2) is 28.0 Å². The third-order valence-electron chi connectivity index (χ3n) is 10.2. The monoisotopic (exact) mass is 372 g/mol. The smallest absolute Gasteiger partial charge is 0.106 e. The van der Waals surface area contributed by atoms with Crippen LogP contribution in [0, 0.1) is 28.6 Å². The highest BCUT2D eigenvalue weighted by molar-refractivity contribution is 5.37. The lowest BCUT2D eigenvalue weighted by Crippen LogP contribution is -2.61. The summed E-state index contributed by atoms with van der Waals surface area (Å²) in [4.78, 5) is 0. The van der Waals surface area contributed by atoms with Crippen LogP contribution in [-0.2, 0) is 10.3 Å².